The highest BCUT2D eigenvalue weighted by atomic mass is 35.5. The van der Waals surface area contributed by atoms with Gasteiger partial charge in [-0.2, -0.15) is 0 Å². The van der Waals surface area contributed by atoms with Crippen LogP contribution in [-0.4, -0.2) is 35.5 Å². The number of halogens is 1. The molecule has 0 bridgehead atoms. The topological polar surface area (TPSA) is 25.4 Å². The molecule has 3 nitrogen and oxygen atoms in total. The predicted octanol–water partition coefficient (Wildman–Crippen LogP) is 3.46. The quantitative estimate of drug-likeness (QED) is 0.747. The lowest BCUT2D eigenvalue weighted by Gasteiger charge is -2.34. The van der Waals surface area contributed by atoms with Crippen LogP contribution in [0.3, 0.4) is 0 Å². The molecule has 1 aromatic rings. The summed E-state index contributed by atoms with van der Waals surface area (Å²) in [5.74, 6) is 1.41. The minimum atomic E-state index is 0.664. The number of hydrogen-bond donors (Lipinski definition) is 0. The second-order valence-corrected chi connectivity index (χ2v) is 5.50. The van der Waals surface area contributed by atoms with Gasteiger partial charge >= 0.3 is 0 Å². The molecule has 1 aliphatic carbocycles. The second-order valence-electron chi connectivity index (χ2n) is 5.12. The average molecular weight is 283 g/mol. The van der Waals surface area contributed by atoms with Crippen LogP contribution >= 0.6 is 11.6 Å². The van der Waals surface area contributed by atoms with E-state index < -0.39 is 0 Å². The fraction of sp³-hybridized carbons (Fsp3) is 0.667. The Morgan fingerprint density at radius 2 is 2.16 bits per heavy atom. The largest absolute Gasteiger partial charge is 0.481 e. The molecule has 19 heavy (non-hydrogen) atoms. The monoisotopic (exact) mass is 282 g/mol. The van der Waals surface area contributed by atoms with Gasteiger partial charge in [0.15, 0.2) is 0 Å². The van der Waals surface area contributed by atoms with E-state index >= 15 is 0 Å². The molecule has 1 saturated carbocycles. The number of aromatic nitrogens is 1. The number of methoxy groups -OCH3 is 1. The van der Waals surface area contributed by atoms with Gasteiger partial charge in [-0.25, -0.2) is 4.98 Å². The van der Waals surface area contributed by atoms with Gasteiger partial charge in [0.25, 0.3) is 0 Å². The van der Waals surface area contributed by atoms with Gasteiger partial charge in [-0.15, -0.1) is 11.6 Å². The number of pyridine rings is 1. The van der Waals surface area contributed by atoms with Gasteiger partial charge in [0.2, 0.25) is 5.88 Å². The molecule has 0 radical (unpaired) electrons. The molecule has 0 saturated heterocycles. The fourth-order valence-corrected chi connectivity index (χ4v) is 3.11. The highest BCUT2D eigenvalue weighted by Crippen LogP contribution is 2.25. The minimum Gasteiger partial charge on any atom is -0.481 e. The van der Waals surface area contributed by atoms with E-state index in [0.29, 0.717) is 11.9 Å². The van der Waals surface area contributed by atoms with Gasteiger partial charge in [0, 0.05) is 36.8 Å². The molecule has 1 aliphatic rings. The van der Waals surface area contributed by atoms with Crippen molar-refractivity contribution in [1.82, 2.24) is 9.88 Å². The van der Waals surface area contributed by atoms with Crippen LogP contribution in [0.25, 0.3) is 0 Å². The van der Waals surface area contributed by atoms with Crippen molar-refractivity contribution >= 4 is 11.6 Å². The molecular weight excluding hydrogens is 260 g/mol. The highest BCUT2D eigenvalue weighted by molar-refractivity contribution is 6.18. The third kappa shape index (κ3) is 4.08. The van der Waals surface area contributed by atoms with Crippen molar-refractivity contribution in [1.29, 1.82) is 0 Å². The van der Waals surface area contributed by atoms with Gasteiger partial charge in [0.05, 0.1) is 7.11 Å². The van der Waals surface area contributed by atoms with Gasteiger partial charge in [-0.05, 0) is 18.9 Å². The number of rotatable bonds is 6. The molecule has 0 amide bonds. The summed E-state index contributed by atoms with van der Waals surface area (Å²) < 4.78 is 5.34. The molecule has 0 unspecified atom stereocenters. The average Bonchev–Trinajstić information content (AvgIpc) is 2.48. The molecule has 1 fully saturated rings. The first kappa shape index (κ1) is 14.6. The van der Waals surface area contributed by atoms with Crippen LogP contribution in [0.2, 0.25) is 0 Å². The standard InChI is InChI=1S/C15H23ClN2O/c1-19-15-13(6-5-10-17-15)12-18(11-9-16)14-7-3-2-4-8-14/h5-6,10,14H,2-4,7-9,11-12H2,1H3. The summed E-state index contributed by atoms with van der Waals surface area (Å²) in [4.78, 5) is 6.77. The Labute approximate surface area is 120 Å². The Morgan fingerprint density at radius 3 is 2.84 bits per heavy atom. The van der Waals surface area contributed by atoms with E-state index in [1.54, 1.807) is 13.3 Å². The summed E-state index contributed by atoms with van der Waals surface area (Å²) in [5, 5.41) is 0. The Kier molecular flexibility index (Phi) is 5.93. The lowest BCUT2D eigenvalue weighted by molar-refractivity contribution is 0.155. The highest BCUT2D eigenvalue weighted by Gasteiger charge is 2.21. The normalized spacial score (nSPS) is 16.8. The maximum atomic E-state index is 5.97. The van der Waals surface area contributed by atoms with Crippen molar-refractivity contribution in [2.24, 2.45) is 0 Å². The first-order valence-electron chi connectivity index (χ1n) is 7.13. The zero-order chi connectivity index (χ0) is 13.5. The van der Waals surface area contributed by atoms with Gasteiger partial charge in [-0.1, -0.05) is 25.3 Å². The van der Waals surface area contributed by atoms with E-state index in [1.807, 2.05) is 6.07 Å². The molecule has 1 aromatic heterocycles. The van der Waals surface area contributed by atoms with E-state index in [1.165, 1.54) is 32.1 Å². The van der Waals surface area contributed by atoms with Crippen LogP contribution in [-0.2, 0) is 6.54 Å². The molecule has 1 heterocycles. The second kappa shape index (κ2) is 7.71. The maximum absolute atomic E-state index is 5.97. The fourth-order valence-electron chi connectivity index (χ4n) is 2.89. The Morgan fingerprint density at radius 1 is 1.37 bits per heavy atom. The summed E-state index contributed by atoms with van der Waals surface area (Å²) in [6, 6.07) is 4.73. The van der Waals surface area contributed by atoms with Crippen molar-refractivity contribution in [2.75, 3.05) is 19.5 Å². The van der Waals surface area contributed by atoms with Crippen LogP contribution in [0.1, 0.15) is 37.7 Å². The van der Waals surface area contributed by atoms with E-state index in [9.17, 15) is 0 Å². The first-order valence-corrected chi connectivity index (χ1v) is 7.66. The molecule has 106 valence electrons. The van der Waals surface area contributed by atoms with Crippen LogP contribution < -0.4 is 4.74 Å². The zero-order valence-electron chi connectivity index (χ0n) is 11.6. The SMILES string of the molecule is COc1ncccc1CN(CCCl)C1CCCCC1. The molecule has 0 atom stereocenters. The van der Waals surface area contributed by atoms with Gasteiger partial charge in [-0.3, -0.25) is 4.90 Å². The van der Waals surface area contributed by atoms with E-state index in [4.69, 9.17) is 16.3 Å². The lowest BCUT2D eigenvalue weighted by atomic mass is 9.94. The number of ether oxygens (including phenoxy) is 1. The summed E-state index contributed by atoms with van der Waals surface area (Å²) in [5.41, 5.74) is 1.15. The summed E-state index contributed by atoms with van der Waals surface area (Å²) in [7, 11) is 1.68. The molecule has 0 aromatic carbocycles. The molecule has 0 N–H and O–H groups in total. The lowest BCUT2D eigenvalue weighted by Crippen LogP contribution is -2.37. The van der Waals surface area contributed by atoms with E-state index in [2.05, 4.69) is 16.0 Å². The molecular formula is C15H23ClN2O. The van der Waals surface area contributed by atoms with Crippen molar-refractivity contribution in [3.8, 4) is 5.88 Å². The summed E-state index contributed by atoms with van der Waals surface area (Å²) in [6.45, 7) is 1.82. The van der Waals surface area contributed by atoms with Crippen molar-refractivity contribution in [3.63, 3.8) is 0 Å². The molecule has 2 rings (SSSR count). The third-order valence-corrected chi connectivity index (χ3v) is 4.05. The summed E-state index contributed by atoms with van der Waals surface area (Å²) in [6.07, 6.45) is 8.41. The smallest absolute Gasteiger partial charge is 0.217 e. The van der Waals surface area contributed by atoms with Crippen molar-refractivity contribution in [2.45, 2.75) is 44.7 Å². The zero-order valence-corrected chi connectivity index (χ0v) is 12.4. The van der Waals surface area contributed by atoms with Gasteiger partial charge in [0.1, 0.15) is 0 Å². The third-order valence-electron chi connectivity index (χ3n) is 3.88. The predicted molar refractivity (Wildman–Crippen MR) is 78.8 cm³/mol. The minimum absolute atomic E-state index is 0.664. The van der Waals surface area contributed by atoms with Crippen LogP contribution in [0.15, 0.2) is 18.3 Å². The van der Waals surface area contributed by atoms with E-state index in [0.717, 1.165) is 24.5 Å². The van der Waals surface area contributed by atoms with Crippen LogP contribution in [0, 0.1) is 0 Å². The molecule has 0 aliphatic heterocycles. The van der Waals surface area contributed by atoms with Gasteiger partial charge < -0.3 is 4.74 Å². The Balaban J connectivity index is 2.06. The Hall–Kier alpha value is -0.800. The summed E-state index contributed by atoms with van der Waals surface area (Å²) >= 11 is 5.97. The number of nitrogens with zero attached hydrogens (tertiary/aromatic N) is 2. The number of hydrogen-bond acceptors (Lipinski definition) is 3. The van der Waals surface area contributed by atoms with Crippen LogP contribution in [0.4, 0.5) is 0 Å². The molecule has 4 heteroatoms. The van der Waals surface area contributed by atoms with Crippen molar-refractivity contribution < 1.29 is 4.74 Å². The van der Waals surface area contributed by atoms with Crippen molar-refractivity contribution in [3.05, 3.63) is 23.9 Å². The number of alkyl halides is 1. The molecule has 0 spiro atoms. The van der Waals surface area contributed by atoms with Crippen LogP contribution in [0.5, 0.6) is 5.88 Å². The maximum Gasteiger partial charge on any atom is 0.217 e. The Bertz CT molecular complexity index is 380. The van der Waals surface area contributed by atoms with E-state index in [-0.39, 0.29) is 0 Å². The first-order chi connectivity index (χ1) is 9.35.